The van der Waals surface area contributed by atoms with Gasteiger partial charge in [-0.2, -0.15) is 0 Å². The molecule has 1 radical (unpaired) electrons. The van der Waals surface area contributed by atoms with Crippen molar-refractivity contribution in [2.24, 2.45) is 0 Å². The van der Waals surface area contributed by atoms with Crippen molar-refractivity contribution in [3.8, 4) is 0 Å². The van der Waals surface area contributed by atoms with Gasteiger partial charge in [0.15, 0.2) is 0 Å². The second-order valence-electron chi connectivity index (χ2n) is 0.102. The van der Waals surface area contributed by atoms with Crippen LogP contribution in [-0.2, 0) is 21.9 Å². The summed E-state index contributed by atoms with van der Waals surface area (Å²) >= 11 is 0. The zero-order valence-corrected chi connectivity index (χ0v) is 3.97. The topological polar surface area (TPSA) is 104 Å². The molecule has 0 aromatic heterocycles. The van der Waals surface area contributed by atoms with E-state index in [9.17, 15) is 0 Å². The fourth-order valence-corrected chi connectivity index (χ4v) is 0. The largest absolute Gasteiger partial charge is 0.412 e. The monoisotopic (exact) mass is 134 g/mol. The van der Waals surface area contributed by atoms with Crippen LogP contribution >= 0.6 is 0 Å². The molecular weight excluding hydrogens is 129 g/mol. The molecular formula is CH5MnNO3. The molecule has 0 saturated carbocycles. The first-order valence-electron chi connectivity index (χ1n) is 0.454. The van der Waals surface area contributed by atoms with E-state index < -0.39 is 0 Å². The maximum absolute atomic E-state index is 8.35. The Balaban J connectivity index is -0.00000000667. The molecule has 0 heterocycles. The van der Waals surface area contributed by atoms with Gasteiger partial charge in [-0.25, -0.2) is 10.2 Å². The van der Waals surface area contributed by atoms with Gasteiger partial charge in [0, 0.05) is 17.1 Å². The summed E-state index contributed by atoms with van der Waals surface area (Å²) in [7, 11) is 0. The number of rotatable bonds is 0. The molecule has 0 aliphatic carbocycles. The third-order valence-electron chi connectivity index (χ3n) is 0. The fraction of sp³-hybridized carbons (Fsp3) is 0. The summed E-state index contributed by atoms with van der Waals surface area (Å²) in [5.74, 6) is 0. The summed E-state index contributed by atoms with van der Waals surface area (Å²) in [4.78, 5) is 8.35. The van der Waals surface area contributed by atoms with Gasteiger partial charge >= 0.3 is 0 Å². The Kier molecular flexibility index (Phi) is 712. The van der Waals surface area contributed by atoms with E-state index in [0.29, 0.717) is 0 Å². The maximum atomic E-state index is 8.35. The van der Waals surface area contributed by atoms with E-state index in [0.717, 1.165) is 6.08 Å². The number of isocyanates is 1. The Hall–Kier alpha value is -0.181. The Bertz CT molecular complexity index is 31.8. The van der Waals surface area contributed by atoms with Crippen LogP contribution in [0.4, 0.5) is 0 Å². The van der Waals surface area contributed by atoms with Crippen LogP contribution in [0.1, 0.15) is 0 Å². The van der Waals surface area contributed by atoms with E-state index in [4.69, 9.17) is 10.2 Å². The van der Waals surface area contributed by atoms with E-state index in [2.05, 4.69) is 0 Å². The minimum Gasteiger partial charge on any atom is -0.412 e. The standard InChI is InChI=1S/CHNO.Mn.2H2O/c2-1-3;;;/h2H;;2*1H2. The molecule has 5 heteroatoms. The minimum atomic E-state index is 0. The van der Waals surface area contributed by atoms with Crippen molar-refractivity contribution in [3.05, 3.63) is 0 Å². The first-order chi connectivity index (χ1) is 1.41. The molecule has 4 nitrogen and oxygen atoms in total. The fourth-order valence-electron chi connectivity index (χ4n) is 0. The van der Waals surface area contributed by atoms with Crippen molar-refractivity contribution in [1.82, 2.24) is 0 Å². The average Bonchev–Trinajstić information content (AvgIpc) is 0.918. The summed E-state index contributed by atoms with van der Waals surface area (Å²) in [6.07, 6.45) is 0.750. The number of nitrogens with one attached hydrogen (secondary N) is 1. The molecule has 0 unspecified atom stereocenters. The van der Waals surface area contributed by atoms with Gasteiger partial charge < -0.3 is 11.0 Å². The summed E-state index contributed by atoms with van der Waals surface area (Å²) < 4.78 is 0. The normalized spacial score (nSPS) is 1.33. The minimum absolute atomic E-state index is 0. The molecule has 0 bridgehead atoms. The van der Waals surface area contributed by atoms with E-state index >= 15 is 0 Å². The smallest absolute Gasteiger partial charge is 0.231 e. The number of hydrogen-bond acceptors (Lipinski definition) is 2. The van der Waals surface area contributed by atoms with Gasteiger partial charge in [-0.15, -0.1) is 0 Å². The second-order valence-corrected chi connectivity index (χ2v) is 0.102. The molecule has 0 rings (SSSR count). The molecule has 0 amide bonds. The van der Waals surface area contributed by atoms with Crippen molar-refractivity contribution in [3.63, 3.8) is 0 Å². The van der Waals surface area contributed by atoms with E-state index in [1.54, 1.807) is 0 Å². The molecule has 5 N–H and O–H groups in total. The zero-order valence-electron chi connectivity index (χ0n) is 2.79. The van der Waals surface area contributed by atoms with Gasteiger partial charge in [0.2, 0.25) is 6.08 Å². The predicted octanol–water partition coefficient (Wildman–Crippen LogP) is -1.75. The molecule has 6 heavy (non-hydrogen) atoms. The van der Waals surface area contributed by atoms with Gasteiger partial charge in [0.25, 0.3) is 0 Å². The van der Waals surface area contributed by atoms with Crippen LogP contribution in [0.3, 0.4) is 0 Å². The van der Waals surface area contributed by atoms with Crippen LogP contribution in [0, 0.1) is 5.41 Å². The van der Waals surface area contributed by atoms with E-state index in [1.165, 1.54) is 0 Å². The third kappa shape index (κ3) is 932. The van der Waals surface area contributed by atoms with Crippen molar-refractivity contribution in [1.29, 1.82) is 5.41 Å². The third-order valence-corrected chi connectivity index (χ3v) is 0. The van der Waals surface area contributed by atoms with Crippen LogP contribution in [0.15, 0.2) is 0 Å². The van der Waals surface area contributed by atoms with E-state index in [1.807, 2.05) is 0 Å². The molecule has 0 aromatic rings. The molecule has 0 spiro atoms. The number of hydrogen-bond donors (Lipinski definition) is 1. The maximum Gasteiger partial charge on any atom is 0.231 e. The summed E-state index contributed by atoms with van der Waals surface area (Å²) in [6, 6.07) is 0. The average molecular weight is 134 g/mol. The van der Waals surface area contributed by atoms with Crippen LogP contribution in [0.5, 0.6) is 0 Å². The summed E-state index contributed by atoms with van der Waals surface area (Å²) in [5.41, 5.74) is 0. The Labute approximate surface area is 45.1 Å². The Morgan fingerprint density at radius 2 is 1.33 bits per heavy atom. The molecule has 0 atom stereocenters. The van der Waals surface area contributed by atoms with E-state index in [-0.39, 0.29) is 28.0 Å². The molecule has 0 aliphatic heterocycles. The van der Waals surface area contributed by atoms with Gasteiger partial charge in [0.05, 0.1) is 0 Å². The van der Waals surface area contributed by atoms with Crippen LogP contribution in [-0.4, -0.2) is 17.0 Å². The van der Waals surface area contributed by atoms with Gasteiger partial charge in [0.1, 0.15) is 0 Å². The molecule has 0 aliphatic rings. The number of carbonyl (C=O) groups excluding carboxylic acids is 1. The Morgan fingerprint density at radius 1 is 1.33 bits per heavy atom. The van der Waals surface area contributed by atoms with Gasteiger partial charge in [-0.1, -0.05) is 0 Å². The molecule has 39 valence electrons. The van der Waals surface area contributed by atoms with Crippen molar-refractivity contribution in [2.45, 2.75) is 0 Å². The van der Waals surface area contributed by atoms with Gasteiger partial charge in [-0.3, -0.25) is 0 Å². The van der Waals surface area contributed by atoms with Gasteiger partial charge in [-0.05, 0) is 0 Å². The SMILES string of the molecule is N=C=O.O.O.[Mn]. The molecule has 0 aromatic carbocycles. The Morgan fingerprint density at radius 3 is 1.33 bits per heavy atom. The van der Waals surface area contributed by atoms with Crippen molar-refractivity contribution >= 4 is 6.08 Å². The molecule has 0 fully saturated rings. The van der Waals surface area contributed by atoms with Crippen LogP contribution in [0.2, 0.25) is 0 Å². The summed E-state index contributed by atoms with van der Waals surface area (Å²) in [5, 5.41) is 5.40. The van der Waals surface area contributed by atoms with Crippen LogP contribution in [0.25, 0.3) is 0 Å². The first kappa shape index (κ1) is 40.8. The zero-order chi connectivity index (χ0) is 2.71. The van der Waals surface area contributed by atoms with Crippen LogP contribution < -0.4 is 0 Å². The summed E-state index contributed by atoms with van der Waals surface area (Å²) in [6.45, 7) is 0. The predicted molar refractivity (Wildman–Crippen MR) is 15.6 cm³/mol. The molecule has 0 saturated heterocycles. The second kappa shape index (κ2) is 105. The first-order valence-corrected chi connectivity index (χ1v) is 0.454. The quantitative estimate of drug-likeness (QED) is 0.237. The van der Waals surface area contributed by atoms with Crippen molar-refractivity contribution in [2.75, 3.05) is 0 Å². The van der Waals surface area contributed by atoms with Crippen molar-refractivity contribution < 1.29 is 32.8 Å².